The Hall–Kier alpha value is -7.11. The van der Waals surface area contributed by atoms with Crippen molar-refractivity contribution in [3.8, 4) is 39.6 Å². The molecular weight excluding hydrogens is 829 g/mol. The number of nitrogens with one attached hydrogen (secondary N) is 2. The number of anilines is 4. The van der Waals surface area contributed by atoms with Crippen molar-refractivity contribution < 1.29 is 18.4 Å². The van der Waals surface area contributed by atoms with Crippen molar-refractivity contribution in [1.29, 1.82) is 0 Å². The van der Waals surface area contributed by atoms with E-state index in [0.29, 0.717) is 34.8 Å². The van der Waals surface area contributed by atoms with E-state index in [2.05, 4.69) is 92.3 Å². The van der Waals surface area contributed by atoms with Crippen LogP contribution >= 0.6 is 0 Å². The number of aromatic nitrogens is 2. The molecule has 0 aliphatic rings. The summed E-state index contributed by atoms with van der Waals surface area (Å²) in [4.78, 5) is 4.96. The van der Waals surface area contributed by atoms with E-state index in [1.807, 2.05) is 68.6 Å². The first-order valence-electron chi connectivity index (χ1n) is 29.0. The highest BCUT2D eigenvalue weighted by Crippen LogP contribution is 2.43. The number of pyridine rings is 1. The van der Waals surface area contributed by atoms with Gasteiger partial charge in [0.25, 0.3) is 0 Å². The number of nitrogens with zero attached hydrogens (tertiary/aromatic N) is 2. The number of para-hydroxylation sites is 2. The first-order valence-corrected chi connectivity index (χ1v) is 24.0. The maximum Gasteiger partial charge on any atom is 0.137 e. The predicted octanol–water partition coefficient (Wildman–Crippen LogP) is 18.0. The molecule has 0 atom stereocenters. The van der Waals surface area contributed by atoms with E-state index in [9.17, 15) is 0 Å². The van der Waals surface area contributed by atoms with Crippen molar-refractivity contribution in [2.45, 2.75) is 98.8 Å². The largest absolute Gasteiger partial charge is 0.457 e. The molecule has 0 fully saturated rings. The molecule has 2 heterocycles. The van der Waals surface area contributed by atoms with Gasteiger partial charge in [-0.05, 0) is 137 Å². The Kier molecular flexibility index (Phi) is 10.5. The van der Waals surface area contributed by atoms with Crippen molar-refractivity contribution in [2.24, 2.45) is 5.92 Å². The summed E-state index contributed by atoms with van der Waals surface area (Å²) in [7, 11) is 0. The molecule has 344 valence electrons. The molecule has 0 saturated heterocycles. The van der Waals surface area contributed by atoms with Crippen molar-refractivity contribution in [2.75, 3.05) is 10.6 Å². The molecule has 68 heavy (non-hydrogen) atoms. The molecule has 0 aliphatic heterocycles. The predicted molar refractivity (Wildman–Crippen MR) is 290 cm³/mol. The number of rotatable bonds is 17. The summed E-state index contributed by atoms with van der Waals surface area (Å²) in [5.41, 5.74) is 8.40. The van der Waals surface area contributed by atoms with Crippen LogP contribution in [0.2, 0.25) is 0 Å². The van der Waals surface area contributed by atoms with E-state index >= 15 is 0 Å². The Labute approximate surface area is 418 Å². The third-order valence-corrected chi connectivity index (χ3v) is 12.3. The number of aryl methyl sites for hydroxylation is 2. The Balaban J connectivity index is 1.16. The Morgan fingerprint density at radius 2 is 1.34 bits per heavy atom. The smallest absolute Gasteiger partial charge is 0.137 e. The van der Waals surface area contributed by atoms with Crippen molar-refractivity contribution in [3.63, 3.8) is 0 Å². The fourth-order valence-corrected chi connectivity index (χ4v) is 9.03. The van der Waals surface area contributed by atoms with Gasteiger partial charge >= 0.3 is 0 Å². The Morgan fingerprint density at radius 3 is 2.00 bits per heavy atom. The SMILES string of the molecule is [2H]c1c([2H])c([2H])c(-c2cc(CC(C)C)cc(-c3c([2H])c([2H])c([2H])c([2H])c3[2H])c2Nc2ccccc2Nc2cccc(Oc3cc4c(cc3CCC)c3cc(CCCCC)ccc3n4-c3cc(C(C)(C)C)ccn3)c2)c([2H])c1[2H]. The average molecular weight is 905 g/mol. The van der Waals surface area contributed by atoms with E-state index in [1.165, 1.54) is 22.9 Å². The summed E-state index contributed by atoms with van der Waals surface area (Å²) in [6.07, 6.45) is 8.56. The molecule has 5 heteroatoms. The van der Waals surface area contributed by atoms with Crippen LogP contribution in [0.4, 0.5) is 22.7 Å². The van der Waals surface area contributed by atoms with Crippen LogP contribution < -0.4 is 15.4 Å². The quantitative estimate of drug-likeness (QED) is 0.0894. The highest BCUT2D eigenvalue weighted by molar-refractivity contribution is 6.10. The zero-order valence-electron chi connectivity index (χ0n) is 50.2. The van der Waals surface area contributed by atoms with Gasteiger partial charge in [0.15, 0.2) is 0 Å². The zero-order chi connectivity index (χ0) is 55.9. The second kappa shape index (κ2) is 20.4. The summed E-state index contributed by atoms with van der Waals surface area (Å²) in [6, 6.07) is 29.1. The normalized spacial score (nSPS) is 13.8. The third kappa shape index (κ3) is 10.2. The molecule has 9 aromatic rings. The fourth-order valence-electron chi connectivity index (χ4n) is 9.03. The topological polar surface area (TPSA) is 51.1 Å². The monoisotopic (exact) mass is 905 g/mol. The number of hydrogen-bond acceptors (Lipinski definition) is 4. The molecule has 0 amide bonds. The van der Waals surface area contributed by atoms with Gasteiger partial charge in [0, 0.05) is 45.9 Å². The highest BCUT2D eigenvalue weighted by Gasteiger charge is 2.21. The standard InChI is InChI=1S/C63H66N4O/c1-8-10-13-22-44-31-32-58-54(36-44)55-39-48(21-9-2)60(42-59(55)67(58)61-40-49(33-34-64-61)63(5,6)7)68-51-28-20-27-50(41-51)65-56-29-18-19-30-57(56)66-62-52(46-23-14-11-15-24-46)37-45(35-43(3)4)38-53(62)47-25-16-12-17-26-47/h11-12,14-20,23-34,36-43,65-66H,8-10,13,21-22,35H2,1-7H3/i11D,12D,14D,15D,16D,17D,23D,24D,25D,26D. The number of fused-ring (bicyclic) bond motifs is 3. The van der Waals surface area contributed by atoms with Gasteiger partial charge in [-0.2, -0.15) is 0 Å². The van der Waals surface area contributed by atoms with Gasteiger partial charge in [0.2, 0.25) is 0 Å². The number of unbranched alkanes of at least 4 members (excludes halogenated alkanes) is 2. The van der Waals surface area contributed by atoms with Gasteiger partial charge in [-0.3, -0.25) is 4.57 Å². The molecule has 9 rings (SSSR count). The number of benzene rings is 7. The molecule has 2 N–H and O–H groups in total. The Morgan fingerprint density at radius 1 is 0.647 bits per heavy atom. The van der Waals surface area contributed by atoms with Gasteiger partial charge in [0.1, 0.15) is 17.3 Å². The van der Waals surface area contributed by atoms with Crippen molar-refractivity contribution >= 4 is 44.6 Å². The first kappa shape index (κ1) is 35.1. The molecule has 0 radical (unpaired) electrons. The molecule has 0 bridgehead atoms. The molecule has 0 spiro atoms. The first-order chi connectivity index (χ1) is 37.2. The van der Waals surface area contributed by atoms with E-state index in [0.717, 1.165) is 65.7 Å². The van der Waals surface area contributed by atoms with E-state index in [-0.39, 0.29) is 39.3 Å². The van der Waals surface area contributed by atoms with Crippen LogP contribution in [0.3, 0.4) is 0 Å². The van der Waals surface area contributed by atoms with Gasteiger partial charge < -0.3 is 15.4 Å². The van der Waals surface area contributed by atoms with Gasteiger partial charge in [0.05, 0.1) is 41.8 Å². The number of hydrogen-bond donors (Lipinski definition) is 2. The summed E-state index contributed by atoms with van der Waals surface area (Å²) in [6.45, 7) is 15.1. The van der Waals surface area contributed by atoms with Crippen LogP contribution in [0.5, 0.6) is 11.5 Å². The van der Waals surface area contributed by atoms with Crippen molar-refractivity contribution in [1.82, 2.24) is 9.55 Å². The van der Waals surface area contributed by atoms with Crippen molar-refractivity contribution in [3.05, 3.63) is 192 Å². The van der Waals surface area contributed by atoms with Gasteiger partial charge in [-0.25, -0.2) is 4.98 Å². The van der Waals surface area contributed by atoms with E-state index < -0.39 is 60.4 Å². The lowest BCUT2D eigenvalue weighted by molar-refractivity contribution is 0.476. The average Bonchev–Trinajstić information content (AvgIpc) is 3.92. The highest BCUT2D eigenvalue weighted by atomic mass is 16.5. The lowest BCUT2D eigenvalue weighted by Gasteiger charge is -2.22. The lowest BCUT2D eigenvalue weighted by atomic mass is 9.88. The molecule has 7 aromatic carbocycles. The summed E-state index contributed by atoms with van der Waals surface area (Å²) >= 11 is 0. The third-order valence-electron chi connectivity index (χ3n) is 12.3. The minimum atomic E-state index is -0.552. The van der Waals surface area contributed by atoms with E-state index in [4.69, 9.17) is 23.4 Å². The maximum atomic E-state index is 9.13. The second-order valence-corrected chi connectivity index (χ2v) is 19.1. The van der Waals surface area contributed by atoms with Crippen LogP contribution in [0.15, 0.2) is 170 Å². The Bertz CT molecular complexity index is 3620. The van der Waals surface area contributed by atoms with Crippen LogP contribution in [0, 0.1) is 5.92 Å². The zero-order valence-corrected chi connectivity index (χ0v) is 40.2. The second-order valence-electron chi connectivity index (χ2n) is 19.1. The maximum absolute atomic E-state index is 9.13. The minimum absolute atomic E-state index is 0.0892. The molecule has 5 nitrogen and oxygen atoms in total. The summed E-state index contributed by atoms with van der Waals surface area (Å²) in [5, 5.41) is 9.37. The molecule has 2 aromatic heterocycles. The summed E-state index contributed by atoms with van der Waals surface area (Å²) in [5.74, 6) is 2.25. The molecule has 0 aliphatic carbocycles. The lowest BCUT2D eigenvalue weighted by Crippen LogP contribution is -2.12. The molecule has 0 unspecified atom stereocenters. The van der Waals surface area contributed by atoms with Crippen LogP contribution in [0.1, 0.15) is 110 Å². The van der Waals surface area contributed by atoms with Crippen LogP contribution in [-0.4, -0.2) is 9.55 Å². The summed E-state index contributed by atoms with van der Waals surface area (Å²) < 4.78 is 97.2. The van der Waals surface area contributed by atoms with Crippen LogP contribution in [-0.2, 0) is 24.7 Å². The van der Waals surface area contributed by atoms with Gasteiger partial charge in [-0.1, -0.05) is 152 Å². The number of ether oxygens (including phenoxy) is 1. The van der Waals surface area contributed by atoms with Crippen LogP contribution in [0.25, 0.3) is 49.9 Å². The van der Waals surface area contributed by atoms with E-state index in [1.54, 1.807) is 12.1 Å². The molecule has 0 saturated carbocycles. The fraction of sp³-hybridized carbons (Fsp3) is 0.254. The van der Waals surface area contributed by atoms with Gasteiger partial charge in [-0.15, -0.1) is 0 Å². The minimum Gasteiger partial charge on any atom is -0.457 e. The molecular formula is C63H66N4O.